The number of rotatable bonds is 2. The number of aliphatic carboxylic acids is 1. The highest BCUT2D eigenvalue weighted by Gasteiger charge is 2.09. The Bertz CT molecular complexity index is 454. The second-order valence-electron chi connectivity index (χ2n) is 2.40. The molecule has 0 bridgehead atoms. The Morgan fingerprint density at radius 2 is 2.31 bits per heavy atom. The molecule has 2 aromatic heterocycles. The average Bonchev–Trinajstić information content (AvgIpc) is 2.51. The number of carbonyl (C=O) groups is 1. The second kappa shape index (κ2) is 3.06. The van der Waals surface area contributed by atoms with E-state index in [0.717, 1.165) is 4.83 Å². The predicted molar refractivity (Wildman–Crippen MR) is 46.5 cm³/mol. The molecule has 6 heteroatoms. The van der Waals surface area contributed by atoms with E-state index in [1.54, 1.807) is 5.51 Å². The summed E-state index contributed by atoms with van der Waals surface area (Å²) >= 11 is 1.37. The van der Waals surface area contributed by atoms with Crippen LogP contribution in [0.3, 0.4) is 0 Å². The molecule has 1 N–H and O–H groups in total. The van der Waals surface area contributed by atoms with Gasteiger partial charge in [0, 0.05) is 0 Å². The maximum absolute atomic E-state index is 10.4. The van der Waals surface area contributed by atoms with Crippen molar-refractivity contribution in [3.8, 4) is 0 Å². The van der Waals surface area contributed by atoms with Crippen LogP contribution in [0.25, 0.3) is 10.3 Å². The van der Waals surface area contributed by atoms with Gasteiger partial charge in [0.1, 0.15) is 16.7 Å². The summed E-state index contributed by atoms with van der Waals surface area (Å²) < 4.78 is 0. The van der Waals surface area contributed by atoms with Gasteiger partial charge in [0.05, 0.1) is 17.6 Å². The minimum absolute atomic E-state index is 0.108. The maximum Gasteiger partial charge on any atom is 0.309 e. The van der Waals surface area contributed by atoms with Crippen molar-refractivity contribution in [2.45, 2.75) is 6.42 Å². The minimum Gasteiger partial charge on any atom is -0.481 e. The van der Waals surface area contributed by atoms with E-state index in [2.05, 4.69) is 15.0 Å². The highest BCUT2D eigenvalue weighted by atomic mass is 32.1. The molecule has 0 fully saturated rings. The van der Waals surface area contributed by atoms with Crippen LogP contribution in [-0.4, -0.2) is 26.0 Å². The van der Waals surface area contributed by atoms with Crippen molar-refractivity contribution in [1.82, 2.24) is 15.0 Å². The molecule has 66 valence electrons. The standard InChI is InChI=1S/C7H5N3O2S/c11-5(12)1-4-6-7(9-2-8-4)13-3-10-6/h2-3H,1H2,(H,11,12). The fraction of sp³-hybridized carbons (Fsp3) is 0.143. The van der Waals surface area contributed by atoms with Gasteiger partial charge in [-0.2, -0.15) is 0 Å². The van der Waals surface area contributed by atoms with E-state index in [1.807, 2.05) is 0 Å². The molecule has 0 aromatic carbocycles. The first-order valence-corrected chi connectivity index (χ1v) is 4.40. The number of carboxylic acids is 1. The Morgan fingerprint density at radius 1 is 1.46 bits per heavy atom. The van der Waals surface area contributed by atoms with Crippen LogP contribution in [0.1, 0.15) is 5.69 Å². The second-order valence-corrected chi connectivity index (χ2v) is 3.23. The van der Waals surface area contributed by atoms with E-state index in [-0.39, 0.29) is 6.42 Å². The number of hydrogen-bond acceptors (Lipinski definition) is 5. The fourth-order valence-electron chi connectivity index (χ4n) is 1.01. The third-order valence-corrected chi connectivity index (χ3v) is 2.26. The van der Waals surface area contributed by atoms with Gasteiger partial charge in [-0.15, -0.1) is 11.3 Å². The van der Waals surface area contributed by atoms with Gasteiger partial charge in [-0.05, 0) is 0 Å². The Morgan fingerprint density at radius 3 is 3.08 bits per heavy atom. The van der Waals surface area contributed by atoms with Gasteiger partial charge < -0.3 is 5.11 Å². The molecule has 0 amide bonds. The van der Waals surface area contributed by atoms with Crippen molar-refractivity contribution in [3.05, 3.63) is 17.5 Å². The normalized spacial score (nSPS) is 10.5. The molecule has 0 aliphatic heterocycles. The van der Waals surface area contributed by atoms with Gasteiger partial charge in [-0.1, -0.05) is 0 Å². The molecule has 2 aromatic rings. The summed E-state index contributed by atoms with van der Waals surface area (Å²) in [5.74, 6) is -0.909. The summed E-state index contributed by atoms with van der Waals surface area (Å²) in [6, 6.07) is 0. The van der Waals surface area contributed by atoms with Crippen LogP contribution in [0, 0.1) is 0 Å². The van der Waals surface area contributed by atoms with Gasteiger partial charge in [-0.25, -0.2) is 15.0 Å². The zero-order valence-electron chi connectivity index (χ0n) is 6.47. The van der Waals surface area contributed by atoms with Crippen LogP contribution >= 0.6 is 11.3 Å². The van der Waals surface area contributed by atoms with E-state index in [0.29, 0.717) is 11.2 Å². The zero-order valence-corrected chi connectivity index (χ0v) is 7.28. The third-order valence-electron chi connectivity index (χ3n) is 1.53. The van der Waals surface area contributed by atoms with Crippen molar-refractivity contribution in [3.63, 3.8) is 0 Å². The lowest BCUT2D eigenvalue weighted by atomic mass is 10.3. The summed E-state index contributed by atoms with van der Waals surface area (Å²) in [5.41, 5.74) is 2.69. The summed E-state index contributed by atoms with van der Waals surface area (Å²) in [6.07, 6.45) is 1.25. The molecule has 0 aliphatic rings. The summed E-state index contributed by atoms with van der Waals surface area (Å²) in [5, 5.41) is 8.58. The molecule has 0 atom stereocenters. The van der Waals surface area contributed by atoms with Gasteiger partial charge in [0.2, 0.25) is 0 Å². The first-order valence-electron chi connectivity index (χ1n) is 3.52. The number of aromatic nitrogens is 3. The van der Waals surface area contributed by atoms with Crippen LogP contribution in [-0.2, 0) is 11.2 Å². The smallest absolute Gasteiger partial charge is 0.309 e. The molecule has 0 radical (unpaired) electrons. The Kier molecular flexibility index (Phi) is 1.90. The van der Waals surface area contributed by atoms with E-state index in [9.17, 15) is 4.79 Å². The summed E-state index contributed by atoms with van der Waals surface area (Å²) in [4.78, 5) is 23.0. The van der Waals surface area contributed by atoms with Crippen LogP contribution in [0.15, 0.2) is 11.8 Å². The SMILES string of the molecule is O=C(O)Cc1ncnc2scnc12. The molecular weight excluding hydrogens is 190 g/mol. The molecule has 0 saturated carbocycles. The van der Waals surface area contributed by atoms with Gasteiger partial charge in [0.25, 0.3) is 0 Å². The summed E-state index contributed by atoms with van der Waals surface area (Å²) in [6.45, 7) is 0. The van der Waals surface area contributed by atoms with Crippen LogP contribution in [0.5, 0.6) is 0 Å². The lowest BCUT2D eigenvalue weighted by Crippen LogP contribution is -2.03. The third kappa shape index (κ3) is 1.48. The number of hydrogen-bond donors (Lipinski definition) is 1. The number of fused-ring (bicyclic) bond motifs is 1. The van der Waals surface area contributed by atoms with Gasteiger partial charge in [-0.3, -0.25) is 4.79 Å². The zero-order chi connectivity index (χ0) is 9.26. The van der Waals surface area contributed by atoms with Gasteiger partial charge in [0.15, 0.2) is 0 Å². The maximum atomic E-state index is 10.4. The van der Waals surface area contributed by atoms with Crippen LogP contribution in [0.4, 0.5) is 0 Å². The first-order chi connectivity index (χ1) is 6.27. The van der Waals surface area contributed by atoms with Gasteiger partial charge >= 0.3 is 5.97 Å². The molecular formula is C7H5N3O2S. The molecule has 2 heterocycles. The topological polar surface area (TPSA) is 76.0 Å². The minimum atomic E-state index is -0.909. The highest BCUT2D eigenvalue weighted by Crippen LogP contribution is 2.16. The fourth-order valence-corrected chi connectivity index (χ4v) is 1.66. The molecule has 5 nitrogen and oxygen atoms in total. The van der Waals surface area contributed by atoms with Crippen molar-refractivity contribution in [2.75, 3.05) is 0 Å². The van der Waals surface area contributed by atoms with Crippen molar-refractivity contribution >= 4 is 27.7 Å². The van der Waals surface area contributed by atoms with E-state index in [4.69, 9.17) is 5.11 Å². The number of carboxylic acid groups (broad SMARTS) is 1. The molecule has 0 saturated heterocycles. The average molecular weight is 195 g/mol. The molecule has 2 rings (SSSR count). The number of nitrogens with zero attached hydrogens (tertiary/aromatic N) is 3. The lowest BCUT2D eigenvalue weighted by Gasteiger charge is -1.95. The molecule has 0 aliphatic carbocycles. The van der Waals surface area contributed by atoms with Crippen molar-refractivity contribution < 1.29 is 9.90 Å². The first kappa shape index (κ1) is 8.06. The predicted octanol–water partition coefficient (Wildman–Crippen LogP) is 0.713. The Labute approximate surface area is 77.1 Å². The Hall–Kier alpha value is -1.56. The lowest BCUT2D eigenvalue weighted by molar-refractivity contribution is -0.136. The summed E-state index contributed by atoms with van der Waals surface area (Å²) in [7, 11) is 0. The Balaban J connectivity index is 2.54. The number of thiazole rings is 1. The largest absolute Gasteiger partial charge is 0.481 e. The van der Waals surface area contributed by atoms with Crippen LogP contribution < -0.4 is 0 Å². The molecule has 0 spiro atoms. The molecule has 0 unspecified atom stereocenters. The molecule has 13 heavy (non-hydrogen) atoms. The van der Waals surface area contributed by atoms with Crippen molar-refractivity contribution in [2.24, 2.45) is 0 Å². The van der Waals surface area contributed by atoms with E-state index < -0.39 is 5.97 Å². The van der Waals surface area contributed by atoms with E-state index >= 15 is 0 Å². The quantitative estimate of drug-likeness (QED) is 0.763. The van der Waals surface area contributed by atoms with Crippen molar-refractivity contribution in [1.29, 1.82) is 0 Å². The highest BCUT2D eigenvalue weighted by molar-refractivity contribution is 7.16. The van der Waals surface area contributed by atoms with E-state index in [1.165, 1.54) is 17.7 Å². The monoisotopic (exact) mass is 195 g/mol. The van der Waals surface area contributed by atoms with Crippen LogP contribution in [0.2, 0.25) is 0 Å².